The third kappa shape index (κ3) is 2.57. The van der Waals surface area contributed by atoms with Crippen LogP contribution in [0.25, 0.3) is 10.9 Å². The van der Waals surface area contributed by atoms with Crippen molar-refractivity contribution < 1.29 is 4.79 Å². The van der Waals surface area contributed by atoms with Gasteiger partial charge >= 0.3 is 0 Å². The molecule has 2 aromatic rings. The van der Waals surface area contributed by atoms with Crippen LogP contribution in [0.1, 0.15) is 25.1 Å². The zero-order valence-corrected chi connectivity index (χ0v) is 11.3. The number of aromatic nitrogens is 2. The number of carbonyl (C=O) groups is 1. The highest BCUT2D eigenvalue weighted by molar-refractivity contribution is 5.77. The van der Waals surface area contributed by atoms with Crippen LogP contribution in [0.5, 0.6) is 0 Å². The van der Waals surface area contributed by atoms with Gasteiger partial charge in [0, 0.05) is 25.9 Å². The first-order valence-electron chi connectivity index (χ1n) is 7.00. The molecule has 0 radical (unpaired) electrons. The summed E-state index contributed by atoms with van der Waals surface area (Å²) in [6.45, 7) is 1.79. The standard InChI is InChI=1S/C15H17N3O2/c19-14(18-9-4-10-18)8-3-7-13-16-12-6-2-1-5-11(12)15(20)17-13/h1-2,5-6H,3-4,7-10H2,(H,16,17,20). The zero-order valence-electron chi connectivity index (χ0n) is 11.3. The van der Waals surface area contributed by atoms with Gasteiger partial charge in [-0.1, -0.05) is 12.1 Å². The average Bonchev–Trinajstić information content (AvgIpc) is 2.37. The van der Waals surface area contributed by atoms with Crippen LogP contribution in [0.4, 0.5) is 0 Å². The summed E-state index contributed by atoms with van der Waals surface area (Å²) in [5.74, 6) is 0.865. The fraction of sp³-hybridized carbons (Fsp3) is 0.400. The molecule has 2 heterocycles. The molecule has 1 amide bonds. The number of likely N-dealkylation sites (tertiary alicyclic amines) is 1. The summed E-state index contributed by atoms with van der Waals surface area (Å²) in [4.78, 5) is 32.7. The molecule has 5 nitrogen and oxygen atoms in total. The second-order valence-electron chi connectivity index (χ2n) is 5.12. The Morgan fingerprint density at radius 2 is 2.10 bits per heavy atom. The van der Waals surface area contributed by atoms with Crippen LogP contribution in [-0.4, -0.2) is 33.9 Å². The van der Waals surface area contributed by atoms with E-state index in [1.807, 2.05) is 23.1 Å². The highest BCUT2D eigenvalue weighted by Gasteiger charge is 2.19. The van der Waals surface area contributed by atoms with Crippen molar-refractivity contribution in [2.24, 2.45) is 0 Å². The SMILES string of the molecule is O=C(CCCc1nc2ccccc2c(=O)[nH]1)N1CCC1. The van der Waals surface area contributed by atoms with E-state index in [1.54, 1.807) is 6.07 Å². The van der Waals surface area contributed by atoms with Gasteiger partial charge in [0.05, 0.1) is 10.9 Å². The molecule has 1 saturated heterocycles. The summed E-state index contributed by atoms with van der Waals surface area (Å²) in [5, 5.41) is 0.605. The predicted molar refractivity (Wildman–Crippen MR) is 76.5 cm³/mol. The van der Waals surface area contributed by atoms with E-state index in [0.29, 0.717) is 29.6 Å². The van der Waals surface area contributed by atoms with E-state index in [9.17, 15) is 9.59 Å². The Balaban J connectivity index is 1.65. The minimum Gasteiger partial charge on any atom is -0.343 e. The van der Waals surface area contributed by atoms with Crippen LogP contribution in [0.3, 0.4) is 0 Å². The maximum atomic E-state index is 11.9. The number of carbonyl (C=O) groups excluding carboxylic acids is 1. The normalized spacial score (nSPS) is 14.3. The molecule has 104 valence electrons. The largest absolute Gasteiger partial charge is 0.343 e. The van der Waals surface area contributed by atoms with Crippen molar-refractivity contribution in [2.75, 3.05) is 13.1 Å². The van der Waals surface area contributed by atoms with Crippen molar-refractivity contribution in [3.05, 3.63) is 40.4 Å². The Kier molecular flexibility index (Phi) is 3.50. The van der Waals surface area contributed by atoms with Crippen LogP contribution in [-0.2, 0) is 11.2 Å². The number of nitrogens with zero attached hydrogens (tertiary/aromatic N) is 2. The van der Waals surface area contributed by atoms with Crippen molar-refractivity contribution in [3.63, 3.8) is 0 Å². The third-order valence-corrected chi connectivity index (χ3v) is 3.67. The van der Waals surface area contributed by atoms with E-state index in [1.165, 1.54) is 0 Å². The predicted octanol–water partition coefficient (Wildman–Crippen LogP) is 1.48. The summed E-state index contributed by atoms with van der Waals surface area (Å²) in [7, 11) is 0. The van der Waals surface area contributed by atoms with Gasteiger partial charge in [-0.25, -0.2) is 4.98 Å². The van der Waals surface area contributed by atoms with E-state index in [2.05, 4.69) is 9.97 Å². The van der Waals surface area contributed by atoms with E-state index >= 15 is 0 Å². The highest BCUT2D eigenvalue weighted by Crippen LogP contribution is 2.11. The van der Waals surface area contributed by atoms with Crippen LogP contribution in [0.15, 0.2) is 29.1 Å². The van der Waals surface area contributed by atoms with E-state index < -0.39 is 0 Å². The van der Waals surface area contributed by atoms with Crippen molar-refractivity contribution in [1.82, 2.24) is 14.9 Å². The Bertz CT molecular complexity index is 689. The number of para-hydroxylation sites is 1. The fourth-order valence-electron chi connectivity index (χ4n) is 2.38. The number of hydrogen-bond acceptors (Lipinski definition) is 3. The van der Waals surface area contributed by atoms with E-state index in [-0.39, 0.29) is 11.5 Å². The number of rotatable bonds is 4. The zero-order chi connectivity index (χ0) is 13.9. The molecule has 0 aliphatic carbocycles. The molecule has 0 atom stereocenters. The maximum Gasteiger partial charge on any atom is 0.258 e. The fourth-order valence-corrected chi connectivity index (χ4v) is 2.38. The smallest absolute Gasteiger partial charge is 0.258 e. The summed E-state index contributed by atoms with van der Waals surface area (Å²) in [5.41, 5.74) is 0.597. The molecular formula is C15H17N3O2. The number of nitrogens with one attached hydrogen (secondary N) is 1. The molecule has 3 rings (SSSR count). The summed E-state index contributed by atoms with van der Waals surface area (Å²) < 4.78 is 0. The van der Waals surface area contributed by atoms with Crippen LogP contribution in [0, 0.1) is 0 Å². The first kappa shape index (κ1) is 12.8. The number of amides is 1. The summed E-state index contributed by atoms with van der Waals surface area (Å²) >= 11 is 0. The number of benzene rings is 1. The molecule has 0 spiro atoms. The quantitative estimate of drug-likeness (QED) is 0.916. The van der Waals surface area contributed by atoms with E-state index in [0.717, 1.165) is 25.9 Å². The van der Waals surface area contributed by atoms with Gasteiger partial charge < -0.3 is 9.88 Å². The number of H-pyrrole nitrogens is 1. The Morgan fingerprint density at radius 1 is 1.30 bits per heavy atom. The molecule has 1 aromatic heterocycles. The number of hydrogen-bond donors (Lipinski definition) is 1. The molecule has 0 unspecified atom stereocenters. The Labute approximate surface area is 116 Å². The van der Waals surface area contributed by atoms with Crippen LogP contribution in [0.2, 0.25) is 0 Å². The minimum absolute atomic E-state index is 0.111. The number of aryl methyl sites for hydroxylation is 1. The second kappa shape index (κ2) is 5.45. The molecule has 1 aliphatic heterocycles. The summed E-state index contributed by atoms with van der Waals surface area (Å²) in [6, 6.07) is 7.29. The van der Waals surface area contributed by atoms with Gasteiger partial charge in [0.15, 0.2) is 0 Å². The van der Waals surface area contributed by atoms with Crippen molar-refractivity contribution in [3.8, 4) is 0 Å². The molecule has 1 aliphatic rings. The lowest BCUT2D eigenvalue weighted by molar-refractivity contribution is -0.134. The molecule has 1 aromatic carbocycles. The van der Waals surface area contributed by atoms with Gasteiger partial charge in [0.2, 0.25) is 5.91 Å². The molecule has 1 fully saturated rings. The minimum atomic E-state index is -0.111. The van der Waals surface area contributed by atoms with Crippen LogP contribution < -0.4 is 5.56 Å². The third-order valence-electron chi connectivity index (χ3n) is 3.67. The Morgan fingerprint density at radius 3 is 2.85 bits per heavy atom. The van der Waals surface area contributed by atoms with Gasteiger partial charge in [-0.15, -0.1) is 0 Å². The van der Waals surface area contributed by atoms with Gasteiger partial charge in [-0.3, -0.25) is 9.59 Å². The highest BCUT2D eigenvalue weighted by atomic mass is 16.2. The second-order valence-corrected chi connectivity index (χ2v) is 5.12. The van der Waals surface area contributed by atoms with Crippen molar-refractivity contribution >= 4 is 16.8 Å². The maximum absolute atomic E-state index is 11.9. The van der Waals surface area contributed by atoms with Gasteiger partial charge in [-0.2, -0.15) is 0 Å². The van der Waals surface area contributed by atoms with Gasteiger partial charge in [-0.05, 0) is 25.0 Å². The lowest BCUT2D eigenvalue weighted by Crippen LogP contribution is -2.41. The van der Waals surface area contributed by atoms with Gasteiger partial charge in [0.1, 0.15) is 5.82 Å². The number of fused-ring (bicyclic) bond motifs is 1. The van der Waals surface area contributed by atoms with Crippen LogP contribution >= 0.6 is 0 Å². The first-order chi connectivity index (χ1) is 9.74. The monoisotopic (exact) mass is 271 g/mol. The average molecular weight is 271 g/mol. The van der Waals surface area contributed by atoms with E-state index in [4.69, 9.17) is 0 Å². The summed E-state index contributed by atoms with van der Waals surface area (Å²) in [6.07, 6.45) is 2.98. The molecule has 1 N–H and O–H groups in total. The first-order valence-corrected chi connectivity index (χ1v) is 7.00. The molecule has 5 heteroatoms. The molecule has 0 saturated carbocycles. The number of aromatic amines is 1. The molecular weight excluding hydrogens is 254 g/mol. The Hall–Kier alpha value is -2.17. The topological polar surface area (TPSA) is 66.1 Å². The van der Waals surface area contributed by atoms with Crippen molar-refractivity contribution in [2.45, 2.75) is 25.7 Å². The molecule has 20 heavy (non-hydrogen) atoms. The lowest BCUT2D eigenvalue weighted by atomic mass is 10.1. The molecule has 0 bridgehead atoms. The lowest BCUT2D eigenvalue weighted by Gasteiger charge is -2.30. The van der Waals surface area contributed by atoms with Gasteiger partial charge in [0.25, 0.3) is 5.56 Å². The van der Waals surface area contributed by atoms with Crippen molar-refractivity contribution in [1.29, 1.82) is 0 Å².